The summed E-state index contributed by atoms with van der Waals surface area (Å²) in [6, 6.07) is 22.2. The molecule has 4 aromatic rings. The number of hydrogen-bond acceptors (Lipinski definition) is 12. The summed E-state index contributed by atoms with van der Waals surface area (Å²) in [7, 11) is 4.49. The van der Waals surface area contributed by atoms with Gasteiger partial charge in [-0.3, -0.25) is 4.18 Å². The lowest BCUT2D eigenvalue weighted by molar-refractivity contribution is -0.141. The molecule has 0 saturated carbocycles. The Morgan fingerprint density at radius 1 is 0.667 bits per heavy atom. The normalized spacial score (nSPS) is 13.4. The molecule has 0 aliphatic rings. The summed E-state index contributed by atoms with van der Waals surface area (Å²) in [5.74, 6) is 2.61. The first-order valence-electron chi connectivity index (χ1n) is 15.2. The molecular weight excluding hydrogens is 638 g/mol. The van der Waals surface area contributed by atoms with E-state index in [0.717, 1.165) is 22.9 Å². The highest BCUT2D eigenvalue weighted by molar-refractivity contribution is 7.86. The standard InChI is InChI=1S/C35H43N3O9S/c1-38(2)35-36-19-28(20-37-35)33(45-22-26-9-15-30(42-4)16-10-26)34(46-23-27-11-17-31(43-5)18-12-27)32(47-48(6,39)40)24-44-21-25-7-13-29(41-3)14-8-25/h7-20,32-34H,21-24H2,1-6H3/t32-,33-,34-/m1/s1. The van der Waals surface area contributed by atoms with E-state index in [0.29, 0.717) is 28.8 Å². The van der Waals surface area contributed by atoms with Crippen molar-refractivity contribution in [1.82, 2.24) is 9.97 Å². The minimum Gasteiger partial charge on any atom is -0.497 e. The number of nitrogens with zero attached hydrogens (tertiary/aromatic N) is 3. The summed E-state index contributed by atoms with van der Waals surface area (Å²) in [6.07, 6.45) is 1.28. The van der Waals surface area contributed by atoms with Gasteiger partial charge < -0.3 is 33.3 Å². The lowest BCUT2D eigenvalue weighted by Crippen LogP contribution is -2.42. The molecule has 0 aliphatic heterocycles. The summed E-state index contributed by atoms with van der Waals surface area (Å²) < 4.78 is 66.0. The summed E-state index contributed by atoms with van der Waals surface area (Å²) >= 11 is 0. The van der Waals surface area contributed by atoms with Gasteiger partial charge in [0.05, 0.1) is 54.0 Å². The molecule has 1 heterocycles. The Bertz CT molecular complexity index is 1640. The molecule has 3 atom stereocenters. The number of aromatic nitrogens is 2. The number of anilines is 1. The molecule has 1 aromatic heterocycles. The molecule has 0 amide bonds. The van der Waals surface area contributed by atoms with Gasteiger partial charge in [-0.2, -0.15) is 8.42 Å². The maximum absolute atomic E-state index is 12.7. The van der Waals surface area contributed by atoms with Crippen molar-refractivity contribution in [3.63, 3.8) is 0 Å². The van der Waals surface area contributed by atoms with Gasteiger partial charge in [-0.15, -0.1) is 0 Å². The van der Waals surface area contributed by atoms with Crippen LogP contribution in [0.3, 0.4) is 0 Å². The van der Waals surface area contributed by atoms with Gasteiger partial charge in [-0.1, -0.05) is 36.4 Å². The number of ether oxygens (including phenoxy) is 6. The maximum atomic E-state index is 12.7. The van der Waals surface area contributed by atoms with Crippen LogP contribution < -0.4 is 19.1 Å². The van der Waals surface area contributed by atoms with Gasteiger partial charge in [-0.05, 0) is 53.1 Å². The van der Waals surface area contributed by atoms with Crippen LogP contribution in [0.15, 0.2) is 85.2 Å². The SMILES string of the molecule is COc1ccc(COC[C@@H](OS(C)(=O)=O)[C@@H](OCc2ccc(OC)cc2)[C@H](OCc2ccc(OC)cc2)c2cnc(N(C)C)nc2)cc1. The number of benzene rings is 3. The molecule has 0 saturated heterocycles. The zero-order valence-corrected chi connectivity index (χ0v) is 28.9. The Morgan fingerprint density at radius 3 is 1.52 bits per heavy atom. The Hall–Kier alpha value is -4.27. The second-order valence-electron chi connectivity index (χ2n) is 11.1. The van der Waals surface area contributed by atoms with Crippen LogP contribution in [0.25, 0.3) is 0 Å². The number of methoxy groups -OCH3 is 3. The highest BCUT2D eigenvalue weighted by Gasteiger charge is 2.37. The summed E-state index contributed by atoms with van der Waals surface area (Å²) in [6.45, 7) is 0.322. The zero-order valence-electron chi connectivity index (χ0n) is 28.1. The van der Waals surface area contributed by atoms with Crippen molar-refractivity contribution in [3.05, 3.63) is 107 Å². The second kappa shape index (κ2) is 17.8. The molecule has 4 rings (SSSR count). The maximum Gasteiger partial charge on any atom is 0.264 e. The third-order valence-electron chi connectivity index (χ3n) is 7.25. The minimum atomic E-state index is -3.97. The highest BCUT2D eigenvalue weighted by Crippen LogP contribution is 2.31. The first-order valence-corrected chi connectivity index (χ1v) is 17.0. The van der Waals surface area contributed by atoms with Crippen LogP contribution in [0.5, 0.6) is 17.2 Å². The number of hydrogen-bond donors (Lipinski definition) is 0. The fourth-order valence-corrected chi connectivity index (χ4v) is 5.33. The van der Waals surface area contributed by atoms with Crippen molar-refractivity contribution < 1.29 is 41.0 Å². The average molecular weight is 682 g/mol. The molecule has 0 aliphatic carbocycles. The van der Waals surface area contributed by atoms with Crippen LogP contribution in [0.2, 0.25) is 0 Å². The quantitative estimate of drug-likeness (QED) is 0.124. The molecule has 48 heavy (non-hydrogen) atoms. The molecule has 0 fully saturated rings. The Kier molecular flexibility index (Phi) is 13.5. The predicted molar refractivity (Wildman–Crippen MR) is 181 cm³/mol. The Morgan fingerprint density at radius 2 is 1.10 bits per heavy atom. The smallest absolute Gasteiger partial charge is 0.264 e. The molecule has 0 N–H and O–H groups in total. The van der Waals surface area contributed by atoms with Crippen LogP contribution in [0.4, 0.5) is 5.95 Å². The molecule has 13 heteroatoms. The van der Waals surface area contributed by atoms with Crippen LogP contribution in [0, 0.1) is 0 Å². The van der Waals surface area contributed by atoms with E-state index in [4.69, 9.17) is 32.6 Å². The van der Waals surface area contributed by atoms with Gasteiger partial charge >= 0.3 is 0 Å². The topological polar surface area (TPSA) is 128 Å². The fraction of sp³-hybridized carbons (Fsp3) is 0.371. The van der Waals surface area contributed by atoms with Gasteiger partial charge in [-0.25, -0.2) is 9.97 Å². The molecule has 12 nitrogen and oxygen atoms in total. The van der Waals surface area contributed by atoms with Crippen molar-refractivity contribution in [2.45, 2.75) is 38.1 Å². The third kappa shape index (κ3) is 11.2. The Labute approximate surface area is 282 Å². The van der Waals surface area contributed by atoms with Crippen molar-refractivity contribution in [1.29, 1.82) is 0 Å². The highest BCUT2D eigenvalue weighted by atomic mass is 32.2. The van der Waals surface area contributed by atoms with E-state index in [-0.39, 0.29) is 26.4 Å². The van der Waals surface area contributed by atoms with Crippen LogP contribution in [-0.4, -0.2) is 78.9 Å². The molecule has 258 valence electrons. The summed E-state index contributed by atoms with van der Waals surface area (Å²) in [4.78, 5) is 10.8. The van der Waals surface area contributed by atoms with Gasteiger partial charge in [0.15, 0.2) is 0 Å². The molecule has 0 bridgehead atoms. The van der Waals surface area contributed by atoms with Crippen molar-refractivity contribution >= 4 is 16.1 Å². The van der Waals surface area contributed by atoms with E-state index in [9.17, 15) is 8.42 Å². The second-order valence-corrected chi connectivity index (χ2v) is 12.7. The molecule has 0 unspecified atom stereocenters. The minimum absolute atomic E-state index is 0.107. The molecular formula is C35H43N3O9S. The molecule has 3 aromatic carbocycles. The van der Waals surface area contributed by atoms with Crippen LogP contribution >= 0.6 is 0 Å². The van der Waals surface area contributed by atoms with Crippen LogP contribution in [-0.2, 0) is 48.3 Å². The van der Waals surface area contributed by atoms with Crippen LogP contribution in [0.1, 0.15) is 28.4 Å². The van der Waals surface area contributed by atoms with Gasteiger partial charge in [0, 0.05) is 32.1 Å². The Balaban J connectivity index is 1.69. The number of rotatable bonds is 19. The van der Waals surface area contributed by atoms with Gasteiger partial charge in [0.25, 0.3) is 10.1 Å². The average Bonchev–Trinajstić information content (AvgIpc) is 3.09. The third-order valence-corrected chi connectivity index (χ3v) is 7.85. The summed E-state index contributed by atoms with van der Waals surface area (Å²) in [5.41, 5.74) is 3.11. The summed E-state index contributed by atoms with van der Waals surface area (Å²) in [5, 5.41) is 0. The van der Waals surface area contributed by atoms with Crippen molar-refractivity contribution in [3.8, 4) is 17.2 Å². The van der Waals surface area contributed by atoms with Crippen molar-refractivity contribution in [2.75, 3.05) is 53.2 Å². The van der Waals surface area contributed by atoms with E-state index < -0.39 is 28.4 Å². The van der Waals surface area contributed by atoms with E-state index in [1.54, 1.807) is 38.6 Å². The fourth-order valence-electron chi connectivity index (χ4n) is 4.72. The largest absolute Gasteiger partial charge is 0.497 e. The molecule has 0 radical (unpaired) electrons. The van der Waals surface area contributed by atoms with E-state index in [1.807, 2.05) is 86.9 Å². The predicted octanol–water partition coefficient (Wildman–Crippen LogP) is 4.97. The van der Waals surface area contributed by atoms with Crippen molar-refractivity contribution in [2.24, 2.45) is 0 Å². The molecule has 0 spiro atoms. The van der Waals surface area contributed by atoms with E-state index >= 15 is 0 Å². The zero-order chi connectivity index (χ0) is 34.5. The first-order chi connectivity index (χ1) is 23.1. The lowest BCUT2D eigenvalue weighted by atomic mass is 10.0. The van der Waals surface area contributed by atoms with E-state index in [1.165, 1.54) is 0 Å². The van der Waals surface area contributed by atoms with Gasteiger partial charge in [0.2, 0.25) is 5.95 Å². The van der Waals surface area contributed by atoms with E-state index in [2.05, 4.69) is 9.97 Å². The lowest BCUT2D eigenvalue weighted by Gasteiger charge is -2.33. The monoisotopic (exact) mass is 681 g/mol. The van der Waals surface area contributed by atoms with Gasteiger partial charge in [0.1, 0.15) is 35.6 Å². The first kappa shape index (κ1) is 36.6.